The van der Waals surface area contributed by atoms with Crippen molar-refractivity contribution in [3.05, 3.63) is 29.8 Å². The van der Waals surface area contributed by atoms with Crippen LogP contribution in [0.15, 0.2) is 24.3 Å². The summed E-state index contributed by atoms with van der Waals surface area (Å²) in [5.41, 5.74) is 0.735. The van der Waals surface area contributed by atoms with Gasteiger partial charge in [-0.05, 0) is 17.7 Å². The Morgan fingerprint density at radius 3 is 2.81 bits per heavy atom. The maximum atomic E-state index is 11.8. The van der Waals surface area contributed by atoms with Gasteiger partial charge in [0.15, 0.2) is 0 Å². The molecule has 1 aromatic rings. The van der Waals surface area contributed by atoms with Crippen molar-refractivity contribution >= 4 is 18.3 Å². The largest absolute Gasteiger partial charge is 0.497 e. The fourth-order valence-electron chi connectivity index (χ4n) is 2.00. The molecule has 2 unspecified atom stereocenters. The van der Waals surface area contributed by atoms with Crippen LogP contribution < -0.4 is 15.4 Å². The molecule has 1 aliphatic rings. The van der Waals surface area contributed by atoms with Gasteiger partial charge in [-0.25, -0.2) is 0 Å². The van der Waals surface area contributed by atoms with Crippen LogP contribution in [0.5, 0.6) is 5.75 Å². The second-order valence-corrected chi connectivity index (χ2v) is 4.62. The van der Waals surface area contributed by atoms with Crippen LogP contribution in [0.4, 0.5) is 0 Å². The lowest BCUT2D eigenvalue weighted by atomic mass is 10.1. The lowest BCUT2D eigenvalue weighted by molar-refractivity contribution is -0.126. The molecule has 0 spiro atoms. The number of halogens is 1. The average molecular weight is 317 g/mol. The quantitative estimate of drug-likeness (QED) is 0.726. The monoisotopic (exact) mass is 316 g/mol. The summed E-state index contributed by atoms with van der Waals surface area (Å²) in [4.78, 5) is 11.8. The third kappa shape index (κ3) is 5.17. The molecule has 3 N–H and O–H groups in total. The Morgan fingerprint density at radius 1 is 1.52 bits per heavy atom. The zero-order valence-electron chi connectivity index (χ0n) is 11.9. The molecule has 6 nitrogen and oxygen atoms in total. The molecule has 7 heteroatoms. The summed E-state index contributed by atoms with van der Waals surface area (Å²) in [6.07, 6.45) is -0.741. The van der Waals surface area contributed by atoms with Crippen molar-refractivity contribution in [1.82, 2.24) is 10.6 Å². The Bertz CT molecular complexity index is 435. The predicted octanol–water partition coefficient (Wildman–Crippen LogP) is 0.255. The lowest BCUT2D eigenvalue weighted by Gasteiger charge is -2.23. The number of rotatable bonds is 5. The van der Waals surface area contributed by atoms with Crippen molar-refractivity contribution in [2.75, 3.05) is 33.4 Å². The summed E-state index contributed by atoms with van der Waals surface area (Å²) >= 11 is 0. The molecule has 1 aliphatic heterocycles. The second kappa shape index (κ2) is 8.84. The van der Waals surface area contributed by atoms with Crippen LogP contribution in [0, 0.1) is 0 Å². The van der Waals surface area contributed by atoms with Gasteiger partial charge < -0.3 is 25.2 Å². The van der Waals surface area contributed by atoms with Crippen LogP contribution in [0.3, 0.4) is 0 Å². The first-order chi connectivity index (χ1) is 9.70. The topological polar surface area (TPSA) is 79.8 Å². The van der Waals surface area contributed by atoms with Gasteiger partial charge in [-0.3, -0.25) is 4.79 Å². The number of hydrogen-bond acceptors (Lipinski definition) is 5. The summed E-state index contributed by atoms with van der Waals surface area (Å²) in [6, 6.07) is 6.76. The van der Waals surface area contributed by atoms with Crippen LogP contribution in [0.1, 0.15) is 11.7 Å². The Balaban J connectivity index is 0.00000220. The fraction of sp³-hybridized carbons (Fsp3) is 0.500. The second-order valence-electron chi connectivity index (χ2n) is 4.62. The first kappa shape index (κ1) is 17.7. The van der Waals surface area contributed by atoms with Gasteiger partial charge in [0, 0.05) is 13.1 Å². The molecule has 1 amide bonds. The van der Waals surface area contributed by atoms with E-state index >= 15 is 0 Å². The number of carbonyl (C=O) groups excluding carboxylic acids is 1. The minimum Gasteiger partial charge on any atom is -0.497 e. The molecule has 0 saturated carbocycles. The molecule has 1 saturated heterocycles. The smallest absolute Gasteiger partial charge is 0.239 e. The number of ether oxygens (including phenoxy) is 2. The Labute approximate surface area is 130 Å². The van der Waals surface area contributed by atoms with Crippen LogP contribution in [-0.2, 0) is 9.53 Å². The van der Waals surface area contributed by atoms with E-state index in [1.165, 1.54) is 0 Å². The Morgan fingerprint density at radius 2 is 2.24 bits per heavy atom. The van der Waals surface area contributed by atoms with Crippen LogP contribution in [0.2, 0.25) is 0 Å². The minimum absolute atomic E-state index is 0. The minimum atomic E-state index is -0.741. The zero-order chi connectivity index (χ0) is 14.4. The van der Waals surface area contributed by atoms with Crippen molar-refractivity contribution in [3.8, 4) is 5.75 Å². The zero-order valence-corrected chi connectivity index (χ0v) is 12.7. The molecule has 2 atom stereocenters. The van der Waals surface area contributed by atoms with E-state index in [-0.39, 0.29) is 30.9 Å². The number of aliphatic hydroxyl groups excluding tert-OH is 1. The first-order valence-electron chi connectivity index (χ1n) is 6.61. The van der Waals surface area contributed by atoms with E-state index in [9.17, 15) is 9.90 Å². The van der Waals surface area contributed by atoms with E-state index < -0.39 is 6.10 Å². The Hall–Kier alpha value is -1.34. The van der Waals surface area contributed by atoms with Crippen molar-refractivity contribution in [2.45, 2.75) is 12.1 Å². The highest BCUT2D eigenvalue weighted by Gasteiger charge is 2.21. The van der Waals surface area contributed by atoms with Gasteiger partial charge in [-0.2, -0.15) is 0 Å². The van der Waals surface area contributed by atoms with Crippen LogP contribution in [-0.4, -0.2) is 50.5 Å². The van der Waals surface area contributed by atoms with Crippen LogP contribution >= 0.6 is 12.4 Å². The number of aliphatic hydroxyl groups is 1. The van der Waals surface area contributed by atoms with Crippen molar-refractivity contribution < 1.29 is 19.4 Å². The van der Waals surface area contributed by atoms with E-state index in [4.69, 9.17) is 9.47 Å². The van der Waals surface area contributed by atoms with Gasteiger partial charge in [0.25, 0.3) is 0 Å². The van der Waals surface area contributed by atoms with E-state index in [0.29, 0.717) is 19.8 Å². The number of methoxy groups -OCH3 is 1. The predicted molar refractivity (Wildman–Crippen MR) is 80.8 cm³/mol. The number of carbonyl (C=O) groups is 1. The molecule has 2 rings (SSSR count). The van der Waals surface area contributed by atoms with E-state index in [2.05, 4.69) is 10.6 Å². The number of nitrogens with one attached hydrogen (secondary N) is 2. The average Bonchev–Trinajstić information content (AvgIpc) is 2.53. The van der Waals surface area contributed by atoms with Gasteiger partial charge >= 0.3 is 0 Å². The normalized spacial score (nSPS) is 19.2. The highest BCUT2D eigenvalue weighted by molar-refractivity contribution is 5.85. The fourth-order valence-corrected chi connectivity index (χ4v) is 2.00. The molecule has 118 valence electrons. The SMILES string of the molecule is COc1ccc(C(O)CNC(=O)C2COCCN2)cc1.Cl. The third-order valence-electron chi connectivity index (χ3n) is 3.21. The number of benzene rings is 1. The maximum absolute atomic E-state index is 11.8. The maximum Gasteiger partial charge on any atom is 0.239 e. The molecule has 0 radical (unpaired) electrons. The van der Waals surface area contributed by atoms with Gasteiger partial charge in [-0.1, -0.05) is 12.1 Å². The summed E-state index contributed by atoms with van der Waals surface area (Å²) in [6.45, 7) is 1.82. The van der Waals surface area contributed by atoms with Gasteiger partial charge in [-0.15, -0.1) is 12.4 Å². The van der Waals surface area contributed by atoms with Gasteiger partial charge in [0.1, 0.15) is 11.8 Å². The molecular formula is C14H21ClN2O4. The summed E-state index contributed by atoms with van der Waals surface area (Å²) in [7, 11) is 1.59. The number of hydrogen-bond donors (Lipinski definition) is 3. The molecule has 1 fully saturated rings. The van der Waals surface area contributed by atoms with Crippen molar-refractivity contribution in [2.24, 2.45) is 0 Å². The van der Waals surface area contributed by atoms with E-state index in [1.54, 1.807) is 31.4 Å². The molecular weight excluding hydrogens is 296 g/mol. The molecule has 0 bridgehead atoms. The standard InChI is InChI=1S/C14H20N2O4.ClH/c1-19-11-4-2-10(3-5-11)13(17)8-16-14(18)12-9-20-7-6-15-12;/h2-5,12-13,15,17H,6-9H2,1H3,(H,16,18);1H. The molecule has 21 heavy (non-hydrogen) atoms. The molecule has 1 heterocycles. The lowest BCUT2D eigenvalue weighted by Crippen LogP contribution is -2.51. The number of amides is 1. The third-order valence-corrected chi connectivity index (χ3v) is 3.21. The van der Waals surface area contributed by atoms with Crippen molar-refractivity contribution in [1.29, 1.82) is 0 Å². The molecule has 1 aromatic carbocycles. The van der Waals surface area contributed by atoms with Gasteiger partial charge in [0.2, 0.25) is 5.91 Å². The number of morpholine rings is 1. The van der Waals surface area contributed by atoms with Crippen LogP contribution in [0.25, 0.3) is 0 Å². The summed E-state index contributed by atoms with van der Waals surface area (Å²) < 4.78 is 10.3. The summed E-state index contributed by atoms with van der Waals surface area (Å²) in [5.74, 6) is 0.575. The first-order valence-corrected chi connectivity index (χ1v) is 6.61. The molecule has 0 aliphatic carbocycles. The summed E-state index contributed by atoms with van der Waals surface area (Å²) in [5, 5.41) is 15.8. The van der Waals surface area contributed by atoms with Crippen molar-refractivity contribution in [3.63, 3.8) is 0 Å². The van der Waals surface area contributed by atoms with E-state index in [0.717, 1.165) is 11.3 Å². The highest BCUT2D eigenvalue weighted by Crippen LogP contribution is 2.16. The Kier molecular flexibility index (Phi) is 7.45. The van der Waals surface area contributed by atoms with E-state index in [1.807, 2.05) is 0 Å². The molecule has 0 aromatic heterocycles. The van der Waals surface area contributed by atoms with Gasteiger partial charge in [0.05, 0.1) is 26.4 Å². The highest BCUT2D eigenvalue weighted by atomic mass is 35.5.